The van der Waals surface area contributed by atoms with Crippen molar-refractivity contribution in [2.24, 2.45) is 23.5 Å². The van der Waals surface area contributed by atoms with Gasteiger partial charge in [-0.05, 0) is 31.1 Å². The van der Waals surface area contributed by atoms with E-state index in [4.69, 9.17) is 10.8 Å². The van der Waals surface area contributed by atoms with Crippen LogP contribution in [0.2, 0.25) is 0 Å². The summed E-state index contributed by atoms with van der Waals surface area (Å²) in [7, 11) is 0. The molecule has 0 saturated heterocycles. The van der Waals surface area contributed by atoms with Crippen LogP contribution >= 0.6 is 0 Å². The van der Waals surface area contributed by atoms with E-state index in [0.717, 1.165) is 19.3 Å². The molecule has 3 heteroatoms. The van der Waals surface area contributed by atoms with Gasteiger partial charge in [0.05, 0.1) is 5.92 Å². The molecule has 2 fully saturated rings. The number of hydrogen-bond donors (Lipinski definition) is 2. The third-order valence-corrected chi connectivity index (χ3v) is 3.27. The highest BCUT2D eigenvalue weighted by Gasteiger charge is 2.49. The van der Waals surface area contributed by atoms with Crippen molar-refractivity contribution in [3.8, 4) is 0 Å². The average molecular weight is 155 g/mol. The van der Waals surface area contributed by atoms with Gasteiger partial charge in [0.2, 0.25) is 0 Å². The first-order valence-electron chi connectivity index (χ1n) is 4.18. The molecule has 0 aromatic heterocycles. The lowest BCUT2D eigenvalue weighted by Gasteiger charge is -2.23. The number of carboxylic acids is 1. The van der Waals surface area contributed by atoms with Crippen LogP contribution in [0.25, 0.3) is 0 Å². The fourth-order valence-electron chi connectivity index (χ4n) is 2.70. The third-order valence-electron chi connectivity index (χ3n) is 3.27. The summed E-state index contributed by atoms with van der Waals surface area (Å²) in [5.74, 6) is -0.0490. The predicted molar refractivity (Wildman–Crippen MR) is 39.9 cm³/mol. The van der Waals surface area contributed by atoms with E-state index in [1.54, 1.807) is 0 Å². The molecule has 2 saturated carbocycles. The second-order valence-corrected chi connectivity index (χ2v) is 3.77. The first-order valence-corrected chi connectivity index (χ1v) is 4.18. The average Bonchev–Trinajstić information content (AvgIpc) is 2.44. The van der Waals surface area contributed by atoms with Crippen LogP contribution in [-0.4, -0.2) is 17.1 Å². The second-order valence-electron chi connectivity index (χ2n) is 3.77. The molecule has 0 amide bonds. The van der Waals surface area contributed by atoms with E-state index in [-0.39, 0.29) is 12.0 Å². The predicted octanol–water partition coefficient (Wildman–Crippen LogP) is 0.444. The Morgan fingerprint density at radius 1 is 1.36 bits per heavy atom. The van der Waals surface area contributed by atoms with Crippen LogP contribution in [-0.2, 0) is 4.79 Å². The van der Waals surface area contributed by atoms with E-state index < -0.39 is 5.97 Å². The Hall–Kier alpha value is -0.570. The van der Waals surface area contributed by atoms with Gasteiger partial charge in [0, 0.05) is 6.04 Å². The van der Waals surface area contributed by atoms with Gasteiger partial charge in [-0.15, -0.1) is 0 Å². The topological polar surface area (TPSA) is 63.3 Å². The molecule has 2 aliphatic carbocycles. The van der Waals surface area contributed by atoms with E-state index in [2.05, 4.69) is 0 Å². The first-order chi connectivity index (χ1) is 5.20. The van der Waals surface area contributed by atoms with Crippen molar-refractivity contribution in [1.82, 2.24) is 0 Å². The van der Waals surface area contributed by atoms with Crippen molar-refractivity contribution < 1.29 is 9.90 Å². The highest BCUT2D eigenvalue weighted by atomic mass is 16.4. The summed E-state index contributed by atoms with van der Waals surface area (Å²) in [5, 5.41) is 8.83. The highest BCUT2D eigenvalue weighted by Crippen LogP contribution is 2.47. The van der Waals surface area contributed by atoms with Gasteiger partial charge in [-0.25, -0.2) is 0 Å². The summed E-state index contributed by atoms with van der Waals surface area (Å²) < 4.78 is 0. The van der Waals surface area contributed by atoms with Crippen LogP contribution < -0.4 is 5.73 Å². The zero-order valence-electron chi connectivity index (χ0n) is 6.36. The van der Waals surface area contributed by atoms with Gasteiger partial charge in [-0.1, -0.05) is 0 Å². The van der Waals surface area contributed by atoms with Gasteiger partial charge < -0.3 is 10.8 Å². The summed E-state index contributed by atoms with van der Waals surface area (Å²) in [6.45, 7) is 0. The summed E-state index contributed by atoms with van der Waals surface area (Å²) in [4.78, 5) is 10.7. The summed E-state index contributed by atoms with van der Waals surface area (Å²) in [6.07, 6.45) is 3.28. The Balaban J connectivity index is 2.17. The molecule has 0 aromatic rings. The molecule has 62 valence electrons. The normalized spacial score (nSPS) is 48.1. The molecule has 3 N–H and O–H groups in total. The van der Waals surface area contributed by atoms with Crippen LogP contribution in [0, 0.1) is 17.8 Å². The largest absolute Gasteiger partial charge is 0.481 e. The van der Waals surface area contributed by atoms with Crippen molar-refractivity contribution in [2.75, 3.05) is 0 Å². The molecular formula is C8H13NO2. The second kappa shape index (κ2) is 2.21. The molecule has 3 nitrogen and oxygen atoms in total. The minimum atomic E-state index is -0.690. The SMILES string of the molecule is N[C@H]1C2CCC(C2)[C@@H]1C(=O)O. The molecule has 11 heavy (non-hydrogen) atoms. The number of rotatable bonds is 1. The lowest BCUT2D eigenvalue weighted by molar-refractivity contribution is -0.144. The molecular weight excluding hydrogens is 142 g/mol. The molecule has 0 aliphatic heterocycles. The molecule has 0 heterocycles. The number of aliphatic carboxylic acids is 1. The molecule has 0 aromatic carbocycles. The number of carbonyl (C=O) groups is 1. The third kappa shape index (κ3) is 0.872. The number of carboxylic acid groups (broad SMARTS) is 1. The highest BCUT2D eigenvalue weighted by molar-refractivity contribution is 5.72. The van der Waals surface area contributed by atoms with Gasteiger partial charge in [-0.3, -0.25) is 4.79 Å². The van der Waals surface area contributed by atoms with Crippen molar-refractivity contribution in [3.05, 3.63) is 0 Å². The molecule has 2 bridgehead atoms. The summed E-state index contributed by atoms with van der Waals surface area (Å²) in [5.41, 5.74) is 5.78. The Morgan fingerprint density at radius 2 is 2.00 bits per heavy atom. The molecule has 0 radical (unpaired) electrons. The minimum absolute atomic E-state index is 0.0637. The van der Waals surface area contributed by atoms with Gasteiger partial charge in [0.1, 0.15) is 0 Å². The zero-order valence-corrected chi connectivity index (χ0v) is 6.36. The summed E-state index contributed by atoms with van der Waals surface area (Å²) in [6, 6.07) is -0.0637. The van der Waals surface area contributed by atoms with E-state index in [1.807, 2.05) is 0 Å². The number of hydrogen-bond acceptors (Lipinski definition) is 2. The monoisotopic (exact) mass is 155 g/mol. The summed E-state index contributed by atoms with van der Waals surface area (Å²) >= 11 is 0. The van der Waals surface area contributed by atoms with Gasteiger partial charge in [-0.2, -0.15) is 0 Å². The Bertz CT molecular complexity index is 191. The Kier molecular flexibility index (Phi) is 1.42. The van der Waals surface area contributed by atoms with E-state index in [9.17, 15) is 4.79 Å². The maximum Gasteiger partial charge on any atom is 0.308 e. The fraction of sp³-hybridized carbons (Fsp3) is 0.875. The maximum absolute atomic E-state index is 10.7. The molecule has 0 spiro atoms. The Labute approximate surface area is 65.6 Å². The number of fused-ring (bicyclic) bond motifs is 2. The number of nitrogens with two attached hydrogens (primary N) is 1. The van der Waals surface area contributed by atoms with E-state index >= 15 is 0 Å². The van der Waals surface area contributed by atoms with Crippen LogP contribution in [0.15, 0.2) is 0 Å². The minimum Gasteiger partial charge on any atom is -0.481 e. The van der Waals surface area contributed by atoms with Crippen LogP contribution in [0.3, 0.4) is 0 Å². The molecule has 2 aliphatic rings. The maximum atomic E-state index is 10.7. The lowest BCUT2D eigenvalue weighted by atomic mass is 9.85. The van der Waals surface area contributed by atoms with Gasteiger partial charge in [0.25, 0.3) is 0 Å². The van der Waals surface area contributed by atoms with E-state index in [0.29, 0.717) is 11.8 Å². The van der Waals surface area contributed by atoms with Gasteiger partial charge in [0.15, 0.2) is 0 Å². The van der Waals surface area contributed by atoms with Crippen LogP contribution in [0.4, 0.5) is 0 Å². The van der Waals surface area contributed by atoms with Crippen molar-refractivity contribution in [1.29, 1.82) is 0 Å². The molecule has 2 unspecified atom stereocenters. The van der Waals surface area contributed by atoms with Crippen LogP contribution in [0.1, 0.15) is 19.3 Å². The fourth-order valence-corrected chi connectivity index (χ4v) is 2.70. The standard InChI is InChI=1S/C8H13NO2/c9-7-5-2-1-4(3-5)6(7)8(10)11/h4-7H,1-3,9H2,(H,10,11)/t4?,5?,6-,7-/m0/s1. The lowest BCUT2D eigenvalue weighted by Crippen LogP contribution is -2.40. The quantitative estimate of drug-likeness (QED) is 0.577. The first kappa shape index (κ1) is 7.10. The zero-order chi connectivity index (χ0) is 8.01. The van der Waals surface area contributed by atoms with Crippen molar-refractivity contribution in [2.45, 2.75) is 25.3 Å². The van der Waals surface area contributed by atoms with E-state index in [1.165, 1.54) is 0 Å². The Morgan fingerprint density at radius 3 is 2.36 bits per heavy atom. The van der Waals surface area contributed by atoms with Crippen LogP contribution in [0.5, 0.6) is 0 Å². The van der Waals surface area contributed by atoms with Crippen molar-refractivity contribution in [3.63, 3.8) is 0 Å². The van der Waals surface area contributed by atoms with Crippen molar-refractivity contribution >= 4 is 5.97 Å². The molecule has 2 rings (SSSR count). The van der Waals surface area contributed by atoms with Gasteiger partial charge >= 0.3 is 5.97 Å². The molecule has 4 atom stereocenters. The smallest absolute Gasteiger partial charge is 0.308 e.